The van der Waals surface area contributed by atoms with E-state index in [1.807, 2.05) is 0 Å². The van der Waals surface area contributed by atoms with Crippen molar-refractivity contribution in [2.45, 2.75) is 19.8 Å². The lowest BCUT2D eigenvalue weighted by atomic mass is 9.98. The molecule has 2 aromatic rings. The molecule has 1 aliphatic rings. The van der Waals surface area contributed by atoms with E-state index >= 15 is 0 Å². The molecule has 27 heavy (non-hydrogen) atoms. The first-order valence-corrected chi connectivity index (χ1v) is 8.31. The van der Waals surface area contributed by atoms with Crippen LogP contribution in [0.5, 0.6) is 0 Å². The number of carbonyl (C=O) groups excluding carboxylic acids is 1. The van der Waals surface area contributed by atoms with E-state index in [4.69, 9.17) is 11.6 Å². The minimum Gasteiger partial charge on any atom is -0.305 e. The lowest BCUT2D eigenvalue weighted by Gasteiger charge is -2.30. The lowest BCUT2D eigenvalue weighted by molar-refractivity contribution is -0.394. The van der Waals surface area contributed by atoms with Gasteiger partial charge in [0.1, 0.15) is 5.82 Å². The summed E-state index contributed by atoms with van der Waals surface area (Å²) in [7, 11) is 0. The molecule has 3 rings (SSSR count). The molecule has 0 radical (unpaired) electrons. The third-order valence-electron chi connectivity index (χ3n) is 4.45. The van der Waals surface area contributed by atoms with Crippen LogP contribution in [0.4, 0.5) is 21.5 Å². The number of amides is 1. The molecule has 1 heterocycles. The van der Waals surface area contributed by atoms with Gasteiger partial charge in [-0.15, -0.1) is 0 Å². The summed E-state index contributed by atoms with van der Waals surface area (Å²) < 4.78 is 14.5. The predicted molar refractivity (Wildman–Crippen MR) is 95.9 cm³/mol. The number of non-ortho nitro benzene ring substituents is 1. The molecule has 0 saturated heterocycles. The van der Waals surface area contributed by atoms with Gasteiger partial charge in [0.05, 0.1) is 27.2 Å². The van der Waals surface area contributed by atoms with Gasteiger partial charge in [0, 0.05) is 23.2 Å². The number of nitrogens with zero attached hydrogens (tertiary/aromatic N) is 3. The molecule has 8 nitrogen and oxygen atoms in total. The molecular formula is C17H13ClFN3O5. The van der Waals surface area contributed by atoms with E-state index in [1.165, 1.54) is 6.92 Å². The SMILES string of the molecule is Cc1c(C(=O)N2CCCc3cc(Cl)cc(F)c32)cc([N+](=O)[O-])cc1[N+](=O)[O-]. The number of nitro groups is 2. The van der Waals surface area contributed by atoms with Crippen molar-refractivity contribution in [2.75, 3.05) is 11.4 Å². The largest absolute Gasteiger partial charge is 0.305 e. The smallest absolute Gasteiger partial charge is 0.279 e. The van der Waals surface area contributed by atoms with Crippen LogP contribution in [0.25, 0.3) is 0 Å². The Bertz CT molecular complexity index is 995. The van der Waals surface area contributed by atoms with Gasteiger partial charge in [-0.3, -0.25) is 25.0 Å². The van der Waals surface area contributed by atoms with Gasteiger partial charge in [0.2, 0.25) is 0 Å². The van der Waals surface area contributed by atoms with Crippen LogP contribution >= 0.6 is 11.6 Å². The summed E-state index contributed by atoms with van der Waals surface area (Å²) in [4.78, 5) is 34.9. The van der Waals surface area contributed by atoms with Gasteiger partial charge >= 0.3 is 0 Å². The van der Waals surface area contributed by atoms with Crippen LogP contribution in [0.1, 0.15) is 27.9 Å². The first-order chi connectivity index (χ1) is 12.7. The van der Waals surface area contributed by atoms with Crippen molar-refractivity contribution >= 4 is 34.6 Å². The first-order valence-electron chi connectivity index (χ1n) is 7.94. The molecular weight excluding hydrogens is 381 g/mol. The van der Waals surface area contributed by atoms with Crippen molar-refractivity contribution in [1.82, 2.24) is 0 Å². The van der Waals surface area contributed by atoms with Crippen LogP contribution in [0, 0.1) is 33.0 Å². The number of rotatable bonds is 3. The molecule has 2 aromatic carbocycles. The lowest BCUT2D eigenvalue weighted by Crippen LogP contribution is -2.36. The number of hydrogen-bond donors (Lipinski definition) is 0. The highest BCUT2D eigenvalue weighted by molar-refractivity contribution is 6.30. The van der Waals surface area contributed by atoms with Crippen molar-refractivity contribution in [3.8, 4) is 0 Å². The zero-order valence-corrected chi connectivity index (χ0v) is 14.8. The van der Waals surface area contributed by atoms with Gasteiger partial charge in [0.15, 0.2) is 0 Å². The van der Waals surface area contributed by atoms with Crippen molar-refractivity contribution in [3.63, 3.8) is 0 Å². The van der Waals surface area contributed by atoms with Crippen LogP contribution < -0.4 is 4.90 Å². The van der Waals surface area contributed by atoms with Gasteiger partial charge in [0.25, 0.3) is 17.3 Å². The summed E-state index contributed by atoms with van der Waals surface area (Å²) in [6.45, 7) is 1.51. The zero-order chi connectivity index (χ0) is 19.9. The number of anilines is 1. The molecule has 0 N–H and O–H groups in total. The predicted octanol–water partition coefficient (Wildman–Crippen LogP) is 4.20. The monoisotopic (exact) mass is 393 g/mol. The highest BCUT2D eigenvalue weighted by Gasteiger charge is 2.31. The highest BCUT2D eigenvalue weighted by Crippen LogP contribution is 2.35. The average molecular weight is 394 g/mol. The summed E-state index contributed by atoms with van der Waals surface area (Å²) in [6.07, 6.45) is 1.05. The second kappa shape index (κ2) is 6.92. The Balaban J connectivity index is 2.16. The Kier molecular flexibility index (Phi) is 4.79. The topological polar surface area (TPSA) is 107 Å². The molecule has 0 unspecified atom stereocenters. The molecule has 0 fully saturated rings. The van der Waals surface area contributed by atoms with E-state index in [0.29, 0.717) is 18.4 Å². The second-order valence-electron chi connectivity index (χ2n) is 6.11. The molecule has 0 spiro atoms. The van der Waals surface area contributed by atoms with Crippen LogP contribution in [-0.2, 0) is 6.42 Å². The Labute approximate surface area is 157 Å². The van der Waals surface area contributed by atoms with E-state index in [0.717, 1.165) is 23.1 Å². The van der Waals surface area contributed by atoms with Gasteiger partial charge in [-0.1, -0.05) is 11.6 Å². The fraction of sp³-hybridized carbons (Fsp3) is 0.235. The van der Waals surface area contributed by atoms with Crippen LogP contribution in [0.15, 0.2) is 24.3 Å². The quantitative estimate of drug-likeness (QED) is 0.573. The number of benzene rings is 2. The zero-order valence-electron chi connectivity index (χ0n) is 14.1. The summed E-state index contributed by atoms with van der Waals surface area (Å²) >= 11 is 5.87. The van der Waals surface area contributed by atoms with Crippen molar-refractivity contribution in [3.05, 3.63) is 72.0 Å². The van der Waals surface area contributed by atoms with Crippen LogP contribution in [-0.4, -0.2) is 22.3 Å². The number of aryl methyl sites for hydroxylation is 1. The van der Waals surface area contributed by atoms with E-state index in [1.54, 1.807) is 6.07 Å². The number of carbonyl (C=O) groups is 1. The number of nitro benzene ring substituents is 2. The van der Waals surface area contributed by atoms with Crippen molar-refractivity contribution in [2.24, 2.45) is 0 Å². The minimum atomic E-state index is -0.812. The number of hydrogen-bond acceptors (Lipinski definition) is 5. The van der Waals surface area contributed by atoms with Gasteiger partial charge in [-0.25, -0.2) is 4.39 Å². The maximum atomic E-state index is 14.5. The Morgan fingerprint density at radius 1 is 1.19 bits per heavy atom. The molecule has 0 atom stereocenters. The summed E-state index contributed by atoms with van der Waals surface area (Å²) in [5.41, 5.74) is -0.762. The first kappa shape index (κ1) is 18.7. The summed E-state index contributed by atoms with van der Waals surface area (Å²) in [5, 5.41) is 22.5. The number of halogens is 2. The maximum absolute atomic E-state index is 14.5. The van der Waals surface area contributed by atoms with E-state index in [-0.39, 0.29) is 28.4 Å². The van der Waals surface area contributed by atoms with Gasteiger partial charge < -0.3 is 4.90 Å². The van der Waals surface area contributed by atoms with E-state index in [9.17, 15) is 29.4 Å². The highest BCUT2D eigenvalue weighted by atomic mass is 35.5. The molecule has 0 aliphatic carbocycles. The third kappa shape index (κ3) is 3.33. The fourth-order valence-corrected chi connectivity index (χ4v) is 3.43. The van der Waals surface area contributed by atoms with E-state index in [2.05, 4.69) is 0 Å². The van der Waals surface area contributed by atoms with Crippen LogP contribution in [0.2, 0.25) is 5.02 Å². The van der Waals surface area contributed by atoms with Gasteiger partial charge in [-0.05, 0) is 37.5 Å². The van der Waals surface area contributed by atoms with E-state index < -0.39 is 32.9 Å². The standard InChI is InChI=1S/C17H13ClFN3O5/c1-9-13(7-12(21(24)25)8-15(9)22(26)27)17(23)20-4-2-3-10-5-11(18)6-14(19)16(10)20/h5-8H,2-4H2,1H3. The number of fused-ring (bicyclic) bond motifs is 1. The third-order valence-corrected chi connectivity index (χ3v) is 4.67. The molecule has 1 aliphatic heterocycles. The fourth-order valence-electron chi connectivity index (χ4n) is 3.20. The Morgan fingerprint density at radius 3 is 2.52 bits per heavy atom. The van der Waals surface area contributed by atoms with Crippen molar-refractivity contribution < 1.29 is 19.0 Å². The Hall–Kier alpha value is -3.07. The molecule has 1 amide bonds. The molecule has 0 bridgehead atoms. The summed E-state index contributed by atoms with van der Waals surface area (Å²) in [6, 6.07) is 4.42. The maximum Gasteiger partial charge on any atom is 0.279 e. The minimum absolute atomic E-state index is 0.0166. The molecule has 0 aromatic heterocycles. The Morgan fingerprint density at radius 2 is 1.89 bits per heavy atom. The molecule has 10 heteroatoms. The average Bonchev–Trinajstić information content (AvgIpc) is 2.60. The van der Waals surface area contributed by atoms with Gasteiger partial charge in [-0.2, -0.15) is 0 Å². The normalized spacial score (nSPS) is 13.2. The second-order valence-corrected chi connectivity index (χ2v) is 6.54. The van der Waals surface area contributed by atoms with Crippen LogP contribution in [0.3, 0.4) is 0 Å². The summed E-state index contributed by atoms with van der Waals surface area (Å²) in [5.74, 6) is -1.43. The van der Waals surface area contributed by atoms with Crippen molar-refractivity contribution in [1.29, 1.82) is 0 Å². The molecule has 0 saturated carbocycles. The molecule has 140 valence electrons.